The second kappa shape index (κ2) is 9.18. The Morgan fingerprint density at radius 1 is 1.10 bits per heavy atom. The maximum absolute atomic E-state index is 5.52. The number of nitrogens with zero attached hydrogens (tertiary/aromatic N) is 2. The average molecular weight is 398 g/mol. The van der Waals surface area contributed by atoms with Gasteiger partial charge in [-0.1, -0.05) is 12.2 Å². The van der Waals surface area contributed by atoms with Crippen LogP contribution >= 0.6 is 0 Å². The predicted octanol–water partition coefficient (Wildman–Crippen LogP) is 4.59. The highest BCUT2D eigenvalue weighted by molar-refractivity contribution is 5.70. The van der Waals surface area contributed by atoms with Crippen molar-refractivity contribution in [2.24, 2.45) is 0 Å². The molecule has 0 atom stereocenters. The van der Waals surface area contributed by atoms with Crippen molar-refractivity contribution < 1.29 is 14.2 Å². The Morgan fingerprint density at radius 2 is 1.76 bits per heavy atom. The topological polar surface area (TPSA) is 59.6 Å². The molecule has 3 rings (SSSR count). The second-order valence-corrected chi connectivity index (χ2v) is 7.42. The van der Waals surface area contributed by atoms with Gasteiger partial charge in [-0.3, -0.25) is 10.00 Å². The van der Waals surface area contributed by atoms with Crippen molar-refractivity contribution in [3.05, 3.63) is 49.2 Å². The molecule has 0 radical (unpaired) electrons. The Hall–Kier alpha value is -2.73. The molecule has 1 fully saturated rings. The number of ether oxygens (including phenoxy) is 3. The summed E-state index contributed by atoms with van der Waals surface area (Å²) in [6.07, 6.45) is 10.2. The summed E-state index contributed by atoms with van der Waals surface area (Å²) in [5, 5.41) is 7.49. The number of hydrogen-bond donors (Lipinski definition) is 1. The zero-order chi connectivity index (χ0) is 20.9. The van der Waals surface area contributed by atoms with Gasteiger partial charge in [-0.15, -0.1) is 13.2 Å². The highest BCUT2D eigenvalue weighted by Crippen LogP contribution is 2.42. The Balaban J connectivity index is 1.96. The zero-order valence-corrected chi connectivity index (χ0v) is 17.7. The molecule has 1 aromatic heterocycles. The third-order valence-corrected chi connectivity index (χ3v) is 5.82. The van der Waals surface area contributed by atoms with Crippen LogP contribution in [0.1, 0.15) is 31.2 Å². The van der Waals surface area contributed by atoms with Crippen molar-refractivity contribution in [2.75, 3.05) is 27.9 Å². The molecule has 2 heterocycles. The van der Waals surface area contributed by atoms with Crippen LogP contribution in [-0.2, 0) is 6.54 Å². The van der Waals surface area contributed by atoms with Gasteiger partial charge in [0.05, 0.1) is 33.2 Å². The van der Waals surface area contributed by atoms with Gasteiger partial charge in [-0.05, 0) is 44.4 Å². The molecular formula is C23H31N3O3. The van der Waals surface area contributed by atoms with Crippen LogP contribution < -0.4 is 14.2 Å². The second-order valence-electron chi connectivity index (χ2n) is 7.42. The van der Waals surface area contributed by atoms with Gasteiger partial charge in [0.2, 0.25) is 5.75 Å². The van der Waals surface area contributed by atoms with Crippen LogP contribution in [0.2, 0.25) is 0 Å². The fourth-order valence-electron chi connectivity index (χ4n) is 4.44. The Kier molecular flexibility index (Phi) is 6.64. The fraction of sp³-hybridized carbons (Fsp3) is 0.435. The largest absolute Gasteiger partial charge is 0.493 e. The van der Waals surface area contributed by atoms with E-state index in [4.69, 9.17) is 14.2 Å². The van der Waals surface area contributed by atoms with Crippen molar-refractivity contribution >= 4 is 0 Å². The molecule has 0 amide bonds. The normalized spacial score (nSPS) is 15.8. The lowest BCUT2D eigenvalue weighted by Crippen LogP contribution is -2.42. The molecule has 0 spiro atoms. The first-order valence-corrected chi connectivity index (χ1v) is 9.92. The van der Waals surface area contributed by atoms with Crippen molar-refractivity contribution in [3.8, 4) is 28.5 Å². The molecule has 1 aliphatic heterocycles. The van der Waals surface area contributed by atoms with E-state index in [1.165, 1.54) is 6.42 Å². The van der Waals surface area contributed by atoms with E-state index in [9.17, 15) is 0 Å². The van der Waals surface area contributed by atoms with Crippen molar-refractivity contribution in [2.45, 2.75) is 37.8 Å². The first-order valence-electron chi connectivity index (χ1n) is 9.92. The van der Waals surface area contributed by atoms with Gasteiger partial charge in [-0.2, -0.15) is 5.10 Å². The number of aromatic nitrogens is 2. The fourth-order valence-corrected chi connectivity index (χ4v) is 4.44. The van der Waals surface area contributed by atoms with Crippen molar-refractivity contribution in [3.63, 3.8) is 0 Å². The van der Waals surface area contributed by atoms with Gasteiger partial charge >= 0.3 is 0 Å². The molecule has 0 bridgehead atoms. The van der Waals surface area contributed by atoms with Crippen LogP contribution in [0.5, 0.6) is 17.2 Å². The van der Waals surface area contributed by atoms with Crippen LogP contribution in [0.4, 0.5) is 0 Å². The van der Waals surface area contributed by atoms with Crippen LogP contribution in [0.3, 0.4) is 0 Å². The number of aromatic amines is 1. The SMILES string of the molecule is C=CCC1(CC=C)CCCN1Cc1cn[nH]c1-c1cc(OC)c(OC)c(OC)c1. The van der Waals surface area contributed by atoms with Gasteiger partial charge in [0.25, 0.3) is 0 Å². The molecular weight excluding hydrogens is 366 g/mol. The van der Waals surface area contributed by atoms with Gasteiger partial charge < -0.3 is 14.2 Å². The van der Waals surface area contributed by atoms with E-state index in [-0.39, 0.29) is 5.54 Å². The summed E-state index contributed by atoms with van der Waals surface area (Å²) < 4.78 is 16.5. The average Bonchev–Trinajstić information content (AvgIpc) is 3.35. The minimum atomic E-state index is 0.0906. The molecule has 156 valence electrons. The highest BCUT2D eigenvalue weighted by atomic mass is 16.5. The lowest BCUT2D eigenvalue weighted by atomic mass is 9.88. The van der Waals surface area contributed by atoms with Gasteiger partial charge in [0.15, 0.2) is 11.5 Å². The van der Waals surface area contributed by atoms with E-state index in [2.05, 4.69) is 28.3 Å². The van der Waals surface area contributed by atoms with E-state index in [1.54, 1.807) is 21.3 Å². The molecule has 6 nitrogen and oxygen atoms in total. The van der Waals surface area contributed by atoms with E-state index in [0.717, 1.165) is 49.2 Å². The summed E-state index contributed by atoms with van der Waals surface area (Å²) in [4.78, 5) is 2.54. The third-order valence-electron chi connectivity index (χ3n) is 5.82. The number of H-pyrrole nitrogens is 1. The summed E-state index contributed by atoms with van der Waals surface area (Å²) in [6, 6.07) is 3.90. The first-order chi connectivity index (χ1) is 14.1. The predicted molar refractivity (Wildman–Crippen MR) is 116 cm³/mol. The maximum Gasteiger partial charge on any atom is 0.203 e. The monoisotopic (exact) mass is 397 g/mol. The number of nitrogens with one attached hydrogen (secondary N) is 1. The number of likely N-dealkylation sites (tertiary alicyclic amines) is 1. The molecule has 0 aliphatic carbocycles. The van der Waals surface area contributed by atoms with E-state index < -0.39 is 0 Å². The van der Waals surface area contributed by atoms with Gasteiger partial charge in [0.1, 0.15) is 0 Å². The number of benzene rings is 1. The molecule has 1 aliphatic rings. The summed E-state index contributed by atoms with van der Waals surface area (Å²) in [5.74, 6) is 1.82. The molecule has 1 aromatic carbocycles. The third kappa shape index (κ3) is 4.03. The number of rotatable bonds is 10. The Labute approximate surface area is 173 Å². The van der Waals surface area contributed by atoms with Crippen LogP contribution in [0.25, 0.3) is 11.3 Å². The summed E-state index contributed by atoms with van der Waals surface area (Å²) in [5.41, 5.74) is 3.14. The lowest BCUT2D eigenvalue weighted by molar-refractivity contribution is 0.133. The first kappa shape index (κ1) is 21.0. The summed E-state index contributed by atoms with van der Waals surface area (Å²) >= 11 is 0. The van der Waals surface area contributed by atoms with Gasteiger partial charge in [-0.25, -0.2) is 0 Å². The van der Waals surface area contributed by atoms with Crippen molar-refractivity contribution in [1.29, 1.82) is 0 Å². The van der Waals surface area contributed by atoms with Crippen LogP contribution in [-0.4, -0.2) is 48.5 Å². The van der Waals surface area contributed by atoms with E-state index in [0.29, 0.717) is 17.2 Å². The standard InChI is InChI=1S/C23H31N3O3/c1-6-9-23(10-7-2)11-8-12-26(23)16-18-15-24-25-21(18)17-13-19(27-3)22(29-5)20(14-17)28-4/h6-7,13-15H,1-2,8-12,16H2,3-5H3,(H,24,25). The number of methoxy groups -OCH3 is 3. The quantitative estimate of drug-likeness (QED) is 0.594. The highest BCUT2D eigenvalue weighted by Gasteiger charge is 2.39. The smallest absolute Gasteiger partial charge is 0.203 e. The number of hydrogen-bond acceptors (Lipinski definition) is 5. The van der Waals surface area contributed by atoms with E-state index in [1.807, 2.05) is 30.5 Å². The van der Waals surface area contributed by atoms with Crippen LogP contribution in [0.15, 0.2) is 43.6 Å². The molecule has 0 saturated carbocycles. The van der Waals surface area contributed by atoms with E-state index >= 15 is 0 Å². The Bertz CT molecular complexity index is 824. The molecule has 29 heavy (non-hydrogen) atoms. The van der Waals surface area contributed by atoms with Crippen molar-refractivity contribution in [1.82, 2.24) is 15.1 Å². The minimum absolute atomic E-state index is 0.0906. The maximum atomic E-state index is 5.52. The molecule has 6 heteroatoms. The molecule has 2 aromatic rings. The zero-order valence-electron chi connectivity index (χ0n) is 17.7. The van der Waals surface area contributed by atoms with Crippen LogP contribution in [0, 0.1) is 0 Å². The van der Waals surface area contributed by atoms with Gasteiger partial charge in [0, 0.05) is 23.2 Å². The lowest BCUT2D eigenvalue weighted by Gasteiger charge is -2.37. The Morgan fingerprint density at radius 3 is 2.31 bits per heavy atom. The molecule has 1 saturated heterocycles. The molecule has 1 N–H and O–H groups in total. The summed E-state index contributed by atoms with van der Waals surface area (Å²) in [7, 11) is 4.85. The summed E-state index contributed by atoms with van der Waals surface area (Å²) in [6.45, 7) is 9.83. The minimum Gasteiger partial charge on any atom is -0.493 e. The molecule has 0 unspecified atom stereocenters.